The van der Waals surface area contributed by atoms with Gasteiger partial charge < -0.3 is 20.2 Å². The summed E-state index contributed by atoms with van der Waals surface area (Å²) in [6.07, 6.45) is 0.576. The summed E-state index contributed by atoms with van der Waals surface area (Å²) in [6.45, 7) is 0.0430. The number of rotatable bonds is 4. The maximum atomic E-state index is 11.7. The first-order valence-corrected chi connectivity index (χ1v) is 7.23. The lowest BCUT2D eigenvalue weighted by Crippen LogP contribution is -2.32. The largest absolute Gasteiger partial charge is 0.467 e. The number of furan rings is 1. The molecule has 0 spiro atoms. The second-order valence-electron chi connectivity index (χ2n) is 3.99. The monoisotopic (exact) mass is 406 g/mol. The van der Waals surface area contributed by atoms with Crippen molar-refractivity contribution in [2.24, 2.45) is 0 Å². The van der Waals surface area contributed by atoms with Crippen molar-refractivity contribution < 1.29 is 14.3 Å². The molecule has 0 aliphatic carbocycles. The molecule has 5 nitrogen and oxygen atoms in total. The number of aliphatic hydroxyl groups is 1. The normalized spacial score (nSPS) is 11.9. The summed E-state index contributed by atoms with van der Waals surface area (Å²) in [7, 11) is 0. The van der Waals surface area contributed by atoms with Gasteiger partial charge in [0.15, 0.2) is 0 Å². The summed E-state index contributed by atoms with van der Waals surface area (Å²) in [5.74, 6) is 0.401. The number of halogens is 2. The minimum atomic E-state index is -0.886. The van der Waals surface area contributed by atoms with E-state index in [1.54, 1.807) is 24.3 Å². The van der Waals surface area contributed by atoms with E-state index in [1.165, 1.54) is 6.26 Å². The highest BCUT2D eigenvalue weighted by atomic mass is 127. The van der Waals surface area contributed by atoms with Gasteiger partial charge in [-0.3, -0.25) is 0 Å². The SMILES string of the molecule is O=C(NCC(O)c1ccco1)Nc1ccc(I)cc1Cl. The molecule has 7 heteroatoms. The molecule has 2 rings (SSSR count). The molecule has 1 aromatic carbocycles. The number of nitrogens with one attached hydrogen (secondary N) is 2. The highest BCUT2D eigenvalue weighted by molar-refractivity contribution is 14.1. The fourth-order valence-electron chi connectivity index (χ4n) is 1.53. The molecule has 1 atom stereocenters. The molecule has 0 fully saturated rings. The van der Waals surface area contributed by atoms with Crippen LogP contribution in [-0.2, 0) is 0 Å². The Morgan fingerprint density at radius 3 is 2.90 bits per heavy atom. The van der Waals surface area contributed by atoms with Crippen LogP contribution in [-0.4, -0.2) is 17.7 Å². The molecule has 0 aliphatic rings. The van der Waals surface area contributed by atoms with Gasteiger partial charge in [0.1, 0.15) is 11.9 Å². The molecule has 0 radical (unpaired) electrons. The predicted octanol–water partition coefficient (Wildman–Crippen LogP) is 3.39. The van der Waals surface area contributed by atoms with E-state index in [1.807, 2.05) is 6.07 Å². The van der Waals surface area contributed by atoms with E-state index in [-0.39, 0.29) is 6.54 Å². The first-order valence-electron chi connectivity index (χ1n) is 5.77. The second kappa shape index (κ2) is 6.96. The zero-order valence-corrected chi connectivity index (χ0v) is 13.2. The van der Waals surface area contributed by atoms with Gasteiger partial charge in [0, 0.05) is 3.57 Å². The van der Waals surface area contributed by atoms with Crippen LogP contribution < -0.4 is 10.6 Å². The number of hydrogen-bond donors (Lipinski definition) is 3. The van der Waals surface area contributed by atoms with Gasteiger partial charge in [-0.2, -0.15) is 0 Å². The third-order valence-electron chi connectivity index (χ3n) is 2.51. The van der Waals surface area contributed by atoms with Crippen LogP contribution in [0.2, 0.25) is 5.02 Å². The van der Waals surface area contributed by atoms with Crippen LogP contribution in [0.4, 0.5) is 10.5 Å². The molecule has 0 saturated carbocycles. The van der Waals surface area contributed by atoms with Crippen molar-refractivity contribution in [1.82, 2.24) is 5.32 Å². The van der Waals surface area contributed by atoms with Gasteiger partial charge in [-0.15, -0.1) is 0 Å². The van der Waals surface area contributed by atoms with Gasteiger partial charge in [0.05, 0.1) is 23.5 Å². The molecule has 106 valence electrons. The van der Waals surface area contributed by atoms with Crippen LogP contribution in [0, 0.1) is 3.57 Å². The molecule has 2 aromatic rings. The number of anilines is 1. The predicted molar refractivity (Wildman–Crippen MR) is 84.9 cm³/mol. The third kappa shape index (κ3) is 4.12. The Kier molecular flexibility index (Phi) is 5.27. The number of aliphatic hydroxyl groups excluding tert-OH is 1. The van der Waals surface area contributed by atoms with E-state index >= 15 is 0 Å². The first kappa shape index (κ1) is 15.1. The summed E-state index contributed by atoms with van der Waals surface area (Å²) in [6, 6.07) is 8.16. The second-order valence-corrected chi connectivity index (χ2v) is 5.64. The molecule has 2 amide bonds. The van der Waals surface area contributed by atoms with Crippen LogP contribution in [0.1, 0.15) is 11.9 Å². The Labute approximate surface area is 134 Å². The fourth-order valence-corrected chi connectivity index (χ4v) is 2.43. The maximum Gasteiger partial charge on any atom is 0.319 e. The lowest BCUT2D eigenvalue weighted by molar-refractivity contribution is 0.149. The molecule has 1 unspecified atom stereocenters. The molecule has 3 N–H and O–H groups in total. The quantitative estimate of drug-likeness (QED) is 0.681. The van der Waals surface area contributed by atoms with Crippen molar-refractivity contribution >= 4 is 45.9 Å². The van der Waals surface area contributed by atoms with Crippen LogP contribution in [0.5, 0.6) is 0 Å². The van der Waals surface area contributed by atoms with Crippen molar-refractivity contribution in [3.8, 4) is 0 Å². The van der Waals surface area contributed by atoms with E-state index in [4.69, 9.17) is 16.0 Å². The minimum absolute atomic E-state index is 0.0430. The average molecular weight is 407 g/mol. The van der Waals surface area contributed by atoms with Crippen LogP contribution in [0.3, 0.4) is 0 Å². The maximum absolute atomic E-state index is 11.7. The Bertz CT molecular complexity index is 589. The Balaban J connectivity index is 1.86. The van der Waals surface area contributed by atoms with Crippen molar-refractivity contribution in [3.05, 3.63) is 50.9 Å². The van der Waals surface area contributed by atoms with Gasteiger partial charge >= 0.3 is 6.03 Å². The van der Waals surface area contributed by atoms with E-state index in [9.17, 15) is 9.90 Å². The Hall–Kier alpha value is -1.25. The zero-order valence-electron chi connectivity index (χ0n) is 10.3. The van der Waals surface area contributed by atoms with Crippen molar-refractivity contribution in [1.29, 1.82) is 0 Å². The van der Waals surface area contributed by atoms with E-state index in [2.05, 4.69) is 33.2 Å². The van der Waals surface area contributed by atoms with Gasteiger partial charge in [0.2, 0.25) is 0 Å². The first-order chi connectivity index (χ1) is 9.56. The van der Waals surface area contributed by atoms with Crippen molar-refractivity contribution in [2.75, 3.05) is 11.9 Å². The molecular weight excluding hydrogens is 395 g/mol. The number of carbonyl (C=O) groups excluding carboxylic acids is 1. The van der Waals surface area contributed by atoms with Gasteiger partial charge in [-0.1, -0.05) is 11.6 Å². The van der Waals surface area contributed by atoms with Crippen LogP contribution in [0.15, 0.2) is 41.0 Å². The molecule has 0 aliphatic heterocycles. The van der Waals surface area contributed by atoms with Crippen molar-refractivity contribution in [3.63, 3.8) is 0 Å². The van der Waals surface area contributed by atoms with Crippen LogP contribution >= 0.6 is 34.2 Å². The smallest absolute Gasteiger partial charge is 0.319 e. The van der Waals surface area contributed by atoms with Gasteiger partial charge in [-0.25, -0.2) is 4.79 Å². The Morgan fingerprint density at radius 2 is 2.25 bits per heavy atom. The lowest BCUT2D eigenvalue weighted by Gasteiger charge is -2.11. The van der Waals surface area contributed by atoms with E-state index < -0.39 is 12.1 Å². The molecule has 1 aromatic heterocycles. The molecule has 1 heterocycles. The number of carbonyl (C=O) groups is 1. The van der Waals surface area contributed by atoms with Crippen LogP contribution in [0.25, 0.3) is 0 Å². The third-order valence-corrected chi connectivity index (χ3v) is 3.49. The number of hydrogen-bond acceptors (Lipinski definition) is 3. The lowest BCUT2D eigenvalue weighted by atomic mass is 10.3. The number of amides is 2. The number of urea groups is 1. The highest BCUT2D eigenvalue weighted by Gasteiger charge is 2.12. The molecule has 20 heavy (non-hydrogen) atoms. The highest BCUT2D eigenvalue weighted by Crippen LogP contribution is 2.23. The topological polar surface area (TPSA) is 74.5 Å². The van der Waals surface area contributed by atoms with Gasteiger partial charge in [-0.05, 0) is 52.9 Å². The Morgan fingerprint density at radius 1 is 1.45 bits per heavy atom. The summed E-state index contributed by atoms with van der Waals surface area (Å²) < 4.78 is 6.01. The molecular formula is C13H12ClIN2O3. The minimum Gasteiger partial charge on any atom is -0.467 e. The summed E-state index contributed by atoms with van der Waals surface area (Å²) in [5, 5.41) is 15.4. The fraction of sp³-hybridized carbons (Fsp3) is 0.154. The molecule has 0 saturated heterocycles. The zero-order chi connectivity index (χ0) is 14.5. The van der Waals surface area contributed by atoms with E-state index in [0.29, 0.717) is 16.5 Å². The standard InChI is InChI=1S/C13H12ClIN2O3/c14-9-6-8(15)3-4-10(9)17-13(19)16-7-11(18)12-2-1-5-20-12/h1-6,11,18H,7H2,(H2,16,17,19). The number of benzene rings is 1. The summed E-state index contributed by atoms with van der Waals surface area (Å²) in [4.78, 5) is 11.7. The summed E-state index contributed by atoms with van der Waals surface area (Å²) in [5.41, 5.74) is 0.511. The van der Waals surface area contributed by atoms with E-state index in [0.717, 1.165) is 3.57 Å². The average Bonchev–Trinajstić information content (AvgIpc) is 2.93. The molecule has 0 bridgehead atoms. The summed E-state index contributed by atoms with van der Waals surface area (Å²) >= 11 is 8.14. The van der Waals surface area contributed by atoms with Gasteiger partial charge in [0.25, 0.3) is 0 Å². The van der Waals surface area contributed by atoms with Crippen molar-refractivity contribution in [2.45, 2.75) is 6.10 Å².